The van der Waals surface area contributed by atoms with Gasteiger partial charge >= 0.3 is 0 Å². The molecule has 2 aromatic carbocycles. The lowest BCUT2D eigenvalue weighted by Crippen LogP contribution is -2.13. The third kappa shape index (κ3) is 2.74. The minimum Gasteiger partial charge on any atom is -0.507 e. The summed E-state index contributed by atoms with van der Waals surface area (Å²) in [5.74, 6) is 0.0811. The smallest absolute Gasteiger partial charge is 0.259 e. The van der Waals surface area contributed by atoms with Crippen LogP contribution in [0.15, 0.2) is 36.4 Å². The molecule has 0 saturated carbocycles. The Hall–Kier alpha value is -2.49. The van der Waals surface area contributed by atoms with Crippen molar-refractivity contribution in [1.29, 1.82) is 0 Å². The molecular formula is C16H17NO3. The van der Waals surface area contributed by atoms with Gasteiger partial charge in [0.1, 0.15) is 11.5 Å². The maximum atomic E-state index is 12.2. The predicted octanol–water partition coefficient (Wildman–Crippen LogP) is 3.27. The van der Waals surface area contributed by atoms with Crippen molar-refractivity contribution in [2.45, 2.75) is 13.8 Å². The van der Waals surface area contributed by atoms with Crippen LogP contribution in [-0.4, -0.2) is 18.1 Å². The van der Waals surface area contributed by atoms with Crippen molar-refractivity contribution in [1.82, 2.24) is 0 Å². The highest BCUT2D eigenvalue weighted by molar-refractivity contribution is 6.06. The summed E-state index contributed by atoms with van der Waals surface area (Å²) in [6, 6.07) is 10.2. The second-order valence-electron chi connectivity index (χ2n) is 4.58. The summed E-state index contributed by atoms with van der Waals surface area (Å²) in [7, 11) is 1.51. The molecule has 0 aliphatic carbocycles. The Morgan fingerprint density at radius 1 is 1.20 bits per heavy atom. The van der Waals surface area contributed by atoms with E-state index in [0.717, 1.165) is 16.8 Å². The van der Waals surface area contributed by atoms with Crippen molar-refractivity contribution < 1.29 is 14.6 Å². The highest BCUT2D eigenvalue weighted by Gasteiger charge is 2.13. The maximum absolute atomic E-state index is 12.2. The zero-order chi connectivity index (χ0) is 14.7. The third-order valence-corrected chi connectivity index (χ3v) is 3.30. The van der Waals surface area contributed by atoms with E-state index in [2.05, 4.69) is 5.32 Å². The molecule has 104 valence electrons. The Morgan fingerprint density at radius 2 is 1.95 bits per heavy atom. The second-order valence-corrected chi connectivity index (χ2v) is 4.58. The number of aromatic hydroxyl groups is 1. The monoisotopic (exact) mass is 271 g/mol. The molecule has 2 N–H and O–H groups in total. The number of hydrogen-bond donors (Lipinski definition) is 2. The Labute approximate surface area is 118 Å². The van der Waals surface area contributed by atoms with Gasteiger partial charge in [0, 0.05) is 5.69 Å². The first-order chi connectivity index (χ1) is 9.52. The fourth-order valence-corrected chi connectivity index (χ4v) is 1.90. The lowest BCUT2D eigenvalue weighted by atomic mass is 10.1. The molecule has 0 heterocycles. The summed E-state index contributed by atoms with van der Waals surface area (Å²) in [6.07, 6.45) is 0. The van der Waals surface area contributed by atoms with Crippen LogP contribution in [0.2, 0.25) is 0 Å². The van der Waals surface area contributed by atoms with Crippen molar-refractivity contribution in [2.75, 3.05) is 12.4 Å². The van der Waals surface area contributed by atoms with Crippen LogP contribution in [0.4, 0.5) is 5.69 Å². The number of carbonyl (C=O) groups excluding carboxylic acids is 1. The van der Waals surface area contributed by atoms with E-state index < -0.39 is 0 Å². The fourth-order valence-electron chi connectivity index (χ4n) is 1.90. The van der Waals surface area contributed by atoms with Gasteiger partial charge in [0.2, 0.25) is 0 Å². The van der Waals surface area contributed by atoms with Gasteiger partial charge < -0.3 is 15.2 Å². The number of amides is 1. The topological polar surface area (TPSA) is 58.6 Å². The molecule has 2 aromatic rings. The summed E-state index contributed by atoms with van der Waals surface area (Å²) in [5, 5.41) is 12.6. The van der Waals surface area contributed by atoms with E-state index in [0.29, 0.717) is 5.75 Å². The largest absolute Gasteiger partial charge is 0.507 e. The minimum absolute atomic E-state index is 0.0754. The normalized spacial score (nSPS) is 10.2. The molecule has 0 spiro atoms. The molecular weight excluding hydrogens is 254 g/mol. The van der Waals surface area contributed by atoms with Crippen LogP contribution in [0.5, 0.6) is 11.5 Å². The van der Waals surface area contributed by atoms with E-state index in [1.165, 1.54) is 19.2 Å². The van der Waals surface area contributed by atoms with Gasteiger partial charge in [-0.05, 0) is 49.2 Å². The number of benzene rings is 2. The molecule has 2 rings (SSSR count). The summed E-state index contributed by atoms with van der Waals surface area (Å²) < 4.78 is 5.06. The van der Waals surface area contributed by atoms with Crippen LogP contribution in [0.25, 0.3) is 0 Å². The van der Waals surface area contributed by atoms with Crippen LogP contribution in [-0.2, 0) is 0 Å². The summed E-state index contributed by atoms with van der Waals surface area (Å²) >= 11 is 0. The summed E-state index contributed by atoms with van der Waals surface area (Å²) in [5.41, 5.74) is 3.02. The number of ether oxygens (including phenoxy) is 1. The fraction of sp³-hybridized carbons (Fsp3) is 0.188. The standard InChI is InChI=1S/C16H17NO3/c1-10-5-4-6-14(11(10)2)17-16(19)13-9-12(20-3)7-8-15(13)18/h4-9,18H,1-3H3,(H,17,19). The van der Waals surface area contributed by atoms with Crippen molar-refractivity contribution in [3.05, 3.63) is 53.1 Å². The van der Waals surface area contributed by atoms with Crippen LogP contribution in [0, 0.1) is 13.8 Å². The molecule has 4 nitrogen and oxygen atoms in total. The van der Waals surface area contributed by atoms with Gasteiger partial charge in [-0.1, -0.05) is 12.1 Å². The van der Waals surface area contributed by atoms with Gasteiger partial charge in [0.25, 0.3) is 5.91 Å². The van der Waals surface area contributed by atoms with Crippen molar-refractivity contribution in [2.24, 2.45) is 0 Å². The first kappa shape index (κ1) is 13.9. The van der Waals surface area contributed by atoms with Crippen LogP contribution in [0.3, 0.4) is 0 Å². The number of anilines is 1. The number of carbonyl (C=O) groups is 1. The second kappa shape index (κ2) is 5.65. The van der Waals surface area contributed by atoms with E-state index in [9.17, 15) is 9.90 Å². The third-order valence-electron chi connectivity index (χ3n) is 3.30. The number of nitrogens with one attached hydrogen (secondary N) is 1. The van der Waals surface area contributed by atoms with Gasteiger partial charge in [0.05, 0.1) is 12.7 Å². The van der Waals surface area contributed by atoms with Crippen molar-refractivity contribution >= 4 is 11.6 Å². The molecule has 0 unspecified atom stereocenters. The highest BCUT2D eigenvalue weighted by atomic mass is 16.5. The average Bonchev–Trinajstić information content (AvgIpc) is 2.44. The predicted molar refractivity (Wildman–Crippen MR) is 78.5 cm³/mol. The number of aryl methyl sites for hydroxylation is 1. The number of methoxy groups -OCH3 is 1. The first-order valence-corrected chi connectivity index (χ1v) is 6.27. The molecule has 0 radical (unpaired) electrons. The van der Waals surface area contributed by atoms with Gasteiger partial charge in [-0.25, -0.2) is 0 Å². The summed E-state index contributed by atoms with van der Waals surface area (Å²) in [6.45, 7) is 3.92. The molecule has 1 amide bonds. The zero-order valence-electron chi connectivity index (χ0n) is 11.7. The lowest BCUT2D eigenvalue weighted by Gasteiger charge is -2.11. The quantitative estimate of drug-likeness (QED) is 0.900. The van der Waals surface area contributed by atoms with Gasteiger partial charge in [-0.15, -0.1) is 0 Å². The van der Waals surface area contributed by atoms with Crippen molar-refractivity contribution in [3.63, 3.8) is 0 Å². The number of rotatable bonds is 3. The van der Waals surface area contributed by atoms with E-state index in [1.807, 2.05) is 32.0 Å². The molecule has 4 heteroatoms. The number of hydrogen-bond acceptors (Lipinski definition) is 3. The van der Waals surface area contributed by atoms with E-state index >= 15 is 0 Å². The Morgan fingerprint density at radius 3 is 2.65 bits per heavy atom. The molecule has 0 saturated heterocycles. The highest BCUT2D eigenvalue weighted by Crippen LogP contribution is 2.25. The van der Waals surface area contributed by atoms with Gasteiger partial charge in [-0.3, -0.25) is 4.79 Å². The molecule has 0 atom stereocenters. The molecule has 0 bridgehead atoms. The number of phenolic OH excluding ortho intramolecular Hbond substituents is 1. The zero-order valence-corrected chi connectivity index (χ0v) is 11.7. The average molecular weight is 271 g/mol. The SMILES string of the molecule is COc1ccc(O)c(C(=O)Nc2cccc(C)c2C)c1. The van der Waals surface area contributed by atoms with Gasteiger partial charge in [-0.2, -0.15) is 0 Å². The maximum Gasteiger partial charge on any atom is 0.259 e. The lowest BCUT2D eigenvalue weighted by molar-refractivity contribution is 0.102. The van der Waals surface area contributed by atoms with Crippen LogP contribution in [0.1, 0.15) is 21.5 Å². The van der Waals surface area contributed by atoms with Crippen molar-refractivity contribution in [3.8, 4) is 11.5 Å². The molecule has 0 aliphatic heterocycles. The van der Waals surface area contributed by atoms with E-state index in [4.69, 9.17) is 4.74 Å². The van der Waals surface area contributed by atoms with E-state index in [1.54, 1.807) is 6.07 Å². The van der Waals surface area contributed by atoms with Crippen LogP contribution >= 0.6 is 0 Å². The summed E-state index contributed by atoms with van der Waals surface area (Å²) in [4.78, 5) is 12.2. The Balaban J connectivity index is 2.30. The minimum atomic E-state index is -0.366. The van der Waals surface area contributed by atoms with Crippen LogP contribution < -0.4 is 10.1 Å². The molecule has 0 aliphatic rings. The molecule has 0 fully saturated rings. The van der Waals surface area contributed by atoms with Gasteiger partial charge in [0.15, 0.2) is 0 Å². The molecule has 20 heavy (non-hydrogen) atoms. The Bertz CT molecular complexity index is 650. The Kier molecular flexibility index (Phi) is 3.94. The van der Waals surface area contributed by atoms with E-state index in [-0.39, 0.29) is 17.2 Å². The number of phenols is 1. The first-order valence-electron chi connectivity index (χ1n) is 6.27. The molecule has 0 aromatic heterocycles.